The molecule has 23 heavy (non-hydrogen) atoms. The van der Waals surface area contributed by atoms with Gasteiger partial charge in [-0.2, -0.15) is 0 Å². The molecule has 2 heterocycles. The molecule has 0 atom stereocenters. The van der Waals surface area contributed by atoms with E-state index in [1.165, 1.54) is 43.7 Å². The quantitative estimate of drug-likeness (QED) is 0.897. The van der Waals surface area contributed by atoms with Crippen LogP contribution < -0.4 is 5.32 Å². The first-order chi connectivity index (χ1) is 10.8. The van der Waals surface area contributed by atoms with Crippen LogP contribution in [0.1, 0.15) is 34.6 Å². The predicted molar refractivity (Wildman–Crippen MR) is 95.5 cm³/mol. The van der Waals surface area contributed by atoms with Crippen molar-refractivity contribution in [2.75, 3.05) is 25.0 Å². The second-order valence-electron chi connectivity index (χ2n) is 5.47. The maximum Gasteiger partial charge on any atom is 0.257 e. The first kappa shape index (κ1) is 17.8. The van der Waals surface area contributed by atoms with Crippen molar-refractivity contribution in [1.82, 2.24) is 15.1 Å². The van der Waals surface area contributed by atoms with Crippen LogP contribution >= 0.6 is 23.7 Å². The van der Waals surface area contributed by atoms with Crippen molar-refractivity contribution in [1.29, 1.82) is 0 Å². The van der Waals surface area contributed by atoms with Crippen molar-refractivity contribution >= 4 is 34.8 Å². The highest BCUT2D eigenvalue weighted by Gasteiger charge is 2.13. The second kappa shape index (κ2) is 8.96. The van der Waals surface area contributed by atoms with Gasteiger partial charge in [-0.15, -0.1) is 22.6 Å². The van der Waals surface area contributed by atoms with Crippen LogP contribution in [0.5, 0.6) is 0 Å². The number of hydrogen-bond acceptors (Lipinski definition) is 5. The van der Waals surface area contributed by atoms with Crippen molar-refractivity contribution in [2.45, 2.75) is 25.7 Å². The van der Waals surface area contributed by atoms with Crippen LogP contribution in [0.2, 0.25) is 0 Å². The van der Waals surface area contributed by atoms with Gasteiger partial charge < -0.3 is 4.90 Å². The van der Waals surface area contributed by atoms with E-state index >= 15 is 0 Å². The van der Waals surface area contributed by atoms with E-state index < -0.39 is 0 Å². The fourth-order valence-electron chi connectivity index (χ4n) is 2.60. The first-order valence-corrected chi connectivity index (χ1v) is 8.54. The number of carbonyl (C=O) groups is 1. The van der Waals surface area contributed by atoms with Crippen LogP contribution in [0.4, 0.5) is 5.13 Å². The molecule has 124 valence electrons. The number of carbonyl (C=O) groups excluding carboxylic acids is 1. The summed E-state index contributed by atoms with van der Waals surface area (Å²) in [6.07, 6.45) is 4.85. The van der Waals surface area contributed by atoms with Gasteiger partial charge in [0.15, 0.2) is 0 Å². The Balaban J connectivity index is 0.00000192. The number of nitrogens with zero attached hydrogens (tertiary/aromatic N) is 3. The van der Waals surface area contributed by atoms with Gasteiger partial charge in [0.2, 0.25) is 5.13 Å². The van der Waals surface area contributed by atoms with E-state index in [-0.39, 0.29) is 18.3 Å². The van der Waals surface area contributed by atoms with Crippen LogP contribution in [0, 0.1) is 0 Å². The van der Waals surface area contributed by atoms with E-state index in [0.717, 1.165) is 18.0 Å². The number of aromatic nitrogens is 2. The van der Waals surface area contributed by atoms with E-state index in [1.807, 2.05) is 18.2 Å². The summed E-state index contributed by atoms with van der Waals surface area (Å²) < 4.78 is 0. The number of nitrogens with one attached hydrogen (secondary N) is 1. The fraction of sp³-hybridized carbons (Fsp3) is 0.438. The van der Waals surface area contributed by atoms with Crippen molar-refractivity contribution < 1.29 is 4.79 Å². The number of amides is 1. The highest BCUT2D eigenvalue weighted by atomic mass is 35.5. The van der Waals surface area contributed by atoms with Gasteiger partial charge in [-0.3, -0.25) is 10.1 Å². The molecule has 0 aliphatic carbocycles. The molecule has 2 aromatic rings. The van der Waals surface area contributed by atoms with Gasteiger partial charge in [0.1, 0.15) is 5.01 Å². The normalized spacial score (nSPS) is 15.0. The largest absolute Gasteiger partial charge is 0.303 e. The van der Waals surface area contributed by atoms with Crippen molar-refractivity contribution in [3.05, 3.63) is 40.9 Å². The molecule has 1 aliphatic heterocycles. The van der Waals surface area contributed by atoms with Gasteiger partial charge >= 0.3 is 0 Å². The zero-order valence-electron chi connectivity index (χ0n) is 12.9. The number of benzene rings is 1. The SMILES string of the molecule is Cl.O=C(Nc1nnc(CCN2CCCCC2)s1)c1ccccc1. The van der Waals surface area contributed by atoms with Crippen LogP contribution in [-0.4, -0.2) is 40.6 Å². The summed E-state index contributed by atoms with van der Waals surface area (Å²) in [5, 5.41) is 12.6. The Bertz CT molecular complexity index is 614. The predicted octanol–water partition coefficient (Wildman–Crippen LogP) is 3.24. The molecule has 0 unspecified atom stereocenters. The average Bonchev–Trinajstić information content (AvgIpc) is 3.02. The van der Waals surface area contributed by atoms with E-state index in [4.69, 9.17) is 0 Å². The van der Waals surface area contributed by atoms with E-state index in [1.54, 1.807) is 12.1 Å². The maximum atomic E-state index is 12.0. The van der Waals surface area contributed by atoms with E-state index in [0.29, 0.717) is 10.7 Å². The summed E-state index contributed by atoms with van der Waals surface area (Å²) in [4.78, 5) is 14.5. The number of likely N-dealkylation sites (tertiary alicyclic amines) is 1. The third kappa shape index (κ3) is 5.27. The third-order valence-electron chi connectivity index (χ3n) is 3.81. The lowest BCUT2D eigenvalue weighted by Crippen LogP contribution is -2.31. The Labute approximate surface area is 146 Å². The zero-order valence-corrected chi connectivity index (χ0v) is 14.5. The van der Waals surface area contributed by atoms with Gasteiger partial charge in [0.25, 0.3) is 5.91 Å². The van der Waals surface area contributed by atoms with E-state index in [2.05, 4.69) is 20.4 Å². The molecule has 1 N–H and O–H groups in total. The number of rotatable bonds is 5. The van der Waals surface area contributed by atoms with Gasteiger partial charge in [0.05, 0.1) is 0 Å². The lowest BCUT2D eigenvalue weighted by molar-refractivity contribution is 0.102. The van der Waals surface area contributed by atoms with Crippen LogP contribution in [-0.2, 0) is 6.42 Å². The molecule has 0 saturated carbocycles. The highest BCUT2D eigenvalue weighted by Crippen LogP contribution is 2.18. The Morgan fingerprint density at radius 3 is 2.61 bits per heavy atom. The molecule has 1 saturated heterocycles. The molecule has 5 nitrogen and oxygen atoms in total. The van der Waals surface area contributed by atoms with E-state index in [9.17, 15) is 4.79 Å². The lowest BCUT2D eigenvalue weighted by Gasteiger charge is -2.25. The smallest absolute Gasteiger partial charge is 0.257 e. The Morgan fingerprint density at radius 1 is 1.13 bits per heavy atom. The molecule has 1 aromatic heterocycles. The molecule has 3 rings (SSSR count). The Kier molecular flexibility index (Phi) is 6.95. The molecule has 0 bridgehead atoms. The zero-order chi connectivity index (χ0) is 15.2. The molecule has 0 radical (unpaired) electrons. The topological polar surface area (TPSA) is 58.1 Å². The molecule has 7 heteroatoms. The van der Waals surface area contributed by atoms with Crippen LogP contribution in [0.25, 0.3) is 0 Å². The second-order valence-corrected chi connectivity index (χ2v) is 6.54. The molecular weight excluding hydrogens is 332 g/mol. The number of hydrogen-bond donors (Lipinski definition) is 1. The molecular formula is C16H21ClN4OS. The fourth-order valence-corrected chi connectivity index (χ4v) is 3.32. The van der Waals surface area contributed by atoms with Gasteiger partial charge in [-0.1, -0.05) is 36.0 Å². The molecule has 0 spiro atoms. The number of halogens is 1. The van der Waals surface area contributed by atoms with Crippen LogP contribution in [0.15, 0.2) is 30.3 Å². The lowest BCUT2D eigenvalue weighted by atomic mass is 10.1. The minimum absolute atomic E-state index is 0. The Hall–Kier alpha value is -1.50. The van der Waals surface area contributed by atoms with Gasteiger partial charge in [0, 0.05) is 18.5 Å². The number of piperidine rings is 1. The Morgan fingerprint density at radius 2 is 1.87 bits per heavy atom. The standard InChI is InChI=1S/C16H20N4OS.ClH/c21-15(13-7-3-1-4-8-13)17-16-19-18-14(22-16)9-12-20-10-5-2-6-11-20;/h1,3-4,7-8H,2,5-6,9-12H2,(H,17,19,21);1H. The maximum absolute atomic E-state index is 12.0. The van der Waals surface area contributed by atoms with Crippen molar-refractivity contribution in [3.63, 3.8) is 0 Å². The van der Waals surface area contributed by atoms with Crippen molar-refractivity contribution in [3.8, 4) is 0 Å². The summed E-state index contributed by atoms with van der Waals surface area (Å²) in [7, 11) is 0. The van der Waals surface area contributed by atoms with Gasteiger partial charge in [-0.05, 0) is 38.1 Å². The highest BCUT2D eigenvalue weighted by molar-refractivity contribution is 7.15. The first-order valence-electron chi connectivity index (χ1n) is 7.72. The summed E-state index contributed by atoms with van der Waals surface area (Å²) in [6, 6.07) is 9.15. The average molecular weight is 353 g/mol. The summed E-state index contributed by atoms with van der Waals surface area (Å²) >= 11 is 1.46. The monoisotopic (exact) mass is 352 g/mol. The van der Waals surface area contributed by atoms with Crippen LogP contribution in [0.3, 0.4) is 0 Å². The summed E-state index contributed by atoms with van der Waals surface area (Å²) in [6.45, 7) is 3.41. The number of anilines is 1. The third-order valence-corrected chi connectivity index (χ3v) is 4.71. The molecule has 1 aliphatic rings. The molecule has 1 amide bonds. The van der Waals surface area contributed by atoms with Crippen molar-refractivity contribution in [2.24, 2.45) is 0 Å². The summed E-state index contributed by atoms with van der Waals surface area (Å²) in [5.74, 6) is -0.140. The van der Waals surface area contributed by atoms with Gasteiger partial charge in [-0.25, -0.2) is 0 Å². The minimum Gasteiger partial charge on any atom is -0.303 e. The minimum atomic E-state index is -0.140. The molecule has 1 aromatic carbocycles. The summed E-state index contributed by atoms with van der Waals surface area (Å²) in [5.41, 5.74) is 0.632. The molecule has 1 fully saturated rings.